The van der Waals surface area contributed by atoms with Crippen LogP contribution in [0.2, 0.25) is 18.1 Å². The van der Waals surface area contributed by atoms with E-state index in [1.165, 1.54) is 0 Å². The van der Waals surface area contributed by atoms with E-state index >= 15 is 0 Å². The lowest BCUT2D eigenvalue weighted by molar-refractivity contribution is -0.131. The van der Waals surface area contributed by atoms with E-state index < -0.39 is 26.1 Å². The first-order valence-electron chi connectivity index (χ1n) is 9.40. The average molecular weight is 383 g/mol. The van der Waals surface area contributed by atoms with Crippen LogP contribution < -0.4 is 5.32 Å². The maximum atomic E-state index is 12.8. The van der Waals surface area contributed by atoms with Gasteiger partial charge in [0.25, 0.3) is 0 Å². The monoisotopic (exact) mass is 382 g/mol. The zero-order chi connectivity index (χ0) is 19.9. The van der Waals surface area contributed by atoms with E-state index in [0.29, 0.717) is 13.0 Å². The molecule has 2 rings (SSSR count). The molecule has 2 amide bonds. The first kappa shape index (κ1) is 21.0. The van der Waals surface area contributed by atoms with Crippen LogP contribution in [0, 0.1) is 0 Å². The minimum absolute atomic E-state index is 0.0256. The molecule has 0 spiro atoms. The van der Waals surface area contributed by atoms with Crippen molar-refractivity contribution in [1.82, 2.24) is 10.2 Å². The van der Waals surface area contributed by atoms with E-state index in [2.05, 4.69) is 39.2 Å². The van der Waals surface area contributed by atoms with Gasteiger partial charge in [0, 0.05) is 12.2 Å². The molecule has 2 atom stereocenters. The Morgan fingerprint density at radius 2 is 1.85 bits per heavy atom. The van der Waals surface area contributed by atoms with Gasteiger partial charge in [-0.2, -0.15) is 0 Å². The van der Waals surface area contributed by atoms with Crippen LogP contribution >= 0.6 is 0 Å². The standard InChI is InChI=1S/C19H34N2O4Si/c1-18(2,3)24-17(23)20-13-9-10-14-15(11-12-21(14)16(13)22)25-26(7,8)19(4,5)6/h10,13,15H,9,11-12H2,1-8H3,(H,20,23)/t13-,15+/m1/s1. The number of hydrogen-bond acceptors (Lipinski definition) is 4. The van der Waals surface area contributed by atoms with Gasteiger partial charge < -0.3 is 19.4 Å². The molecule has 0 saturated carbocycles. The Morgan fingerprint density at radius 3 is 2.38 bits per heavy atom. The number of nitrogens with zero attached hydrogens (tertiary/aromatic N) is 1. The first-order chi connectivity index (χ1) is 11.7. The second-order valence-corrected chi connectivity index (χ2v) is 14.5. The number of rotatable bonds is 3. The van der Waals surface area contributed by atoms with Crippen LogP contribution in [-0.4, -0.2) is 49.5 Å². The van der Waals surface area contributed by atoms with E-state index in [-0.39, 0.29) is 17.0 Å². The van der Waals surface area contributed by atoms with Gasteiger partial charge in [0.05, 0.1) is 6.10 Å². The van der Waals surface area contributed by atoms with Crippen LogP contribution in [0.1, 0.15) is 54.4 Å². The van der Waals surface area contributed by atoms with Crippen molar-refractivity contribution in [2.75, 3.05) is 6.54 Å². The van der Waals surface area contributed by atoms with Crippen LogP contribution in [0.3, 0.4) is 0 Å². The van der Waals surface area contributed by atoms with Gasteiger partial charge in [0.2, 0.25) is 5.91 Å². The molecule has 0 aliphatic carbocycles. The summed E-state index contributed by atoms with van der Waals surface area (Å²) in [5.74, 6) is -0.0744. The molecule has 7 heteroatoms. The second kappa shape index (κ2) is 7.00. The number of ether oxygens (including phenoxy) is 1. The van der Waals surface area contributed by atoms with Crippen LogP contribution in [0.4, 0.5) is 4.79 Å². The molecule has 26 heavy (non-hydrogen) atoms. The maximum absolute atomic E-state index is 12.8. The molecule has 1 saturated heterocycles. The zero-order valence-electron chi connectivity index (χ0n) is 17.4. The smallest absolute Gasteiger partial charge is 0.408 e. The first-order valence-corrected chi connectivity index (χ1v) is 12.3. The SMILES string of the molecule is CC(C)(C)OC(=O)N[C@@H]1CC=C2[C@@H](O[Si](C)(C)C(C)(C)C)CCN2C1=O. The molecule has 0 aromatic carbocycles. The number of hydrogen-bond donors (Lipinski definition) is 1. The number of carbonyl (C=O) groups is 2. The summed E-state index contributed by atoms with van der Waals surface area (Å²) in [5.41, 5.74) is 0.375. The lowest BCUT2D eigenvalue weighted by Crippen LogP contribution is -2.51. The highest BCUT2D eigenvalue weighted by atomic mass is 28.4. The minimum atomic E-state index is -1.91. The third-order valence-corrected chi connectivity index (χ3v) is 9.80. The molecule has 0 bridgehead atoms. The Hall–Kier alpha value is -1.34. The van der Waals surface area contributed by atoms with Gasteiger partial charge in [-0.05, 0) is 51.7 Å². The van der Waals surface area contributed by atoms with Crippen LogP contribution in [-0.2, 0) is 14.0 Å². The average Bonchev–Trinajstić information content (AvgIpc) is 2.82. The third-order valence-electron chi connectivity index (χ3n) is 5.32. The van der Waals surface area contributed by atoms with Crippen molar-refractivity contribution >= 4 is 20.3 Å². The predicted molar refractivity (Wildman–Crippen MR) is 104 cm³/mol. The lowest BCUT2D eigenvalue weighted by Gasteiger charge is -2.39. The molecule has 2 aliphatic rings. The molecule has 0 aromatic heterocycles. The van der Waals surface area contributed by atoms with E-state index in [9.17, 15) is 9.59 Å². The normalized spacial score (nSPS) is 24.2. The molecular formula is C19H34N2O4Si. The molecule has 0 aromatic rings. The summed E-state index contributed by atoms with van der Waals surface area (Å²) in [4.78, 5) is 26.5. The van der Waals surface area contributed by atoms with Crippen molar-refractivity contribution in [3.05, 3.63) is 11.8 Å². The second-order valence-electron chi connectivity index (χ2n) is 9.71. The fourth-order valence-corrected chi connectivity index (χ4v) is 4.23. The lowest BCUT2D eigenvalue weighted by atomic mass is 10.1. The fourth-order valence-electron chi connectivity index (χ4n) is 2.93. The molecule has 1 N–H and O–H groups in total. The van der Waals surface area contributed by atoms with Crippen molar-refractivity contribution < 1.29 is 18.8 Å². The van der Waals surface area contributed by atoms with E-state index in [4.69, 9.17) is 9.16 Å². The van der Waals surface area contributed by atoms with E-state index in [0.717, 1.165) is 12.1 Å². The summed E-state index contributed by atoms with van der Waals surface area (Å²) < 4.78 is 11.8. The molecule has 2 aliphatic heterocycles. The number of amides is 2. The fraction of sp³-hybridized carbons (Fsp3) is 0.789. The molecule has 148 valence electrons. The van der Waals surface area contributed by atoms with E-state index in [1.54, 1.807) is 25.7 Å². The van der Waals surface area contributed by atoms with Crippen molar-refractivity contribution in [2.45, 2.75) is 90.3 Å². The molecule has 6 nitrogen and oxygen atoms in total. The summed E-state index contributed by atoms with van der Waals surface area (Å²) >= 11 is 0. The van der Waals surface area contributed by atoms with Crippen molar-refractivity contribution in [1.29, 1.82) is 0 Å². The van der Waals surface area contributed by atoms with Crippen molar-refractivity contribution in [3.8, 4) is 0 Å². The highest BCUT2D eigenvalue weighted by molar-refractivity contribution is 6.74. The van der Waals surface area contributed by atoms with Gasteiger partial charge >= 0.3 is 6.09 Å². The van der Waals surface area contributed by atoms with Gasteiger partial charge in [-0.25, -0.2) is 4.79 Å². The highest BCUT2D eigenvalue weighted by Gasteiger charge is 2.45. The quantitative estimate of drug-likeness (QED) is 0.754. The minimum Gasteiger partial charge on any atom is -0.444 e. The van der Waals surface area contributed by atoms with Crippen molar-refractivity contribution in [3.63, 3.8) is 0 Å². The van der Waals surface area contributed by atoms with Gasteiger partial charge in [-0.3, -0.25) is 4.79 Å². The molecule has 1 fully saturated rings. The summed E-state index contributed by atoms with van der Waals surface area (Å²) in [5, 5.41) is 2.82. The summed E-state index contributed by atoms with van der Waals surface area (Å²) in [6.07, 6.45) is 2.74. The largest absolute Gasteiger partial charge is 0.444 e. The van der Waals surface area contributed by atoms with Crippen LogP contribution in [0.5, 0.6) is 0 Å². The Bertz CT molecular complexity index is 602. The molecule has 0 unspecified atom stereocenters. The van der Waals surface area contributed by atoms with Gasteiger partial charge in [-0.15, -0.1) is 0 Å². The van der Waals surface area contributed by atoms with E-state index in [1.807, 2.05) is 6.08 Å². The van der Waals surface area contributed by atoms with Gasteiger partial charge in [-0.1, -0.05) is 26.8 Å². The Balaban J connectivity index is 2.05. The summed E-state index contributed by atoms with van der Waals surface area (Å²) in [6, 6.07) is -0.569. The number of alkyl carbamates (subject to hydrolysis) is 1. The summed E-state index contributed by atoms with van der Waals surface area (Å²) in [7, 11) is -1.91. The molecule has 0 radical (unpaired) electrons. The Labute approximate surface area is 158 Å². The maximum Gasteiger partial charge on any atom is 0.408 e. The molecular weight excluding hydrogens is 348 g/mol. The van der Waals surface area contributed by atoms with Crippen LogP contribution in [0.15, 0.2) is 11.8 Å². The number of carbonyl (C=O) groups excluding carboxylic acids is 2. The zero-order valence-corrected chi connectivity index (χ0v) is 18.4. The van der Waals surface area contributed by atoms with Gasteiger partial charge in [0.1, 0.15) is 11.6 Å². The molecule has 2 heterocycles. The predicted octanol–water partition coefficient (Wildman–Crippen LogP) is 3.79. The Kier molecular flexibility index (Phi) is 5.64. The summed E-state index contributed by atoms with van der Waals surface area (Å²) in [6.45, 7) is 17.1. The third kappa shape index (κ3) is 4.68. The topological polar surface area (TPSA) is 67.9 Å². The number of fused-ring (bicyclic) bond motifs is 1. The van der Waals surface area contributed by atoms with Crippen molar-refractivity contribution in [2.24, 2.45) is 0 Å². The highest BCUT2D eigenvalue weighted by Crippen LogP contribution is 2.40. The van der Waals surface area contributed by atoms with Crippen LogP contribution in [0.25, 0.3) is 0 Å². The number of nitrogens with one attached hydrogen (secondary N) is 1. The Morgan fingerprint density at radius 1 is 1.23 bits per heavy atom. The van der Waals surface area contributed by atoms with Gasteiger partial charge in [0.15, 0.2) is 8.32 Å².